The van der Waals surface area contributed by atoms with E-state index in [0.29, 0.717) is 5.15 Å². The fraction of sp³-hybridized carbons (Fsp3) is 0.250. The molecule has 0 bridgehead atoms. The predicted molar refractivity (Wildman–Crippen MR) is 64.7 cm³/mol. The molecule has 0 saturated heterocycles. The van der Waals surface area contributed by atoms with E-state index in [1.165, 1.54) is 0 Å². The molecule has 0 aliphatic heterocycles. The predicted octanol–water partition coefficient (Wildman–Crippen LogP) is 3.81. The third-order valence-electron chi connectivity index (χ3n) is 2.32. The normalized spacial score (nSPS) is 12.4. The Hall–Kier alpha value is -1.48. The quantitative estimate of drug-likeness (QED) is 0.824. The topological polar surface area (TPSA) is 38.1 Å². The van der Waals surface area contributed by atoms with E-state index in [0.717, 1.165) is 17.0 Å². The van der Waals surface area contributed by atoms with Crippen molar-refractivity contribution in [3.63, 3.8) is 0 Å². The van der Waals surface area contributed by atoms with E-state index in [2.05, 4.69) is 10.3 Å². The SMILES string of the molecule is Cc1cnc(Cl)c(NC(C)c2ccco2)c1. The molecule has 84 valence electrons. The van der Waals surface area contributed by atoms with Crippen molar-refractivity contribution in [1.29, 1.82) is 0 Å². The fourth-order valence-corrected chi connectivity index (χ4v) is 1.65. The van der Waals surface area contributed by atoms with Crippen LogP contribution in [-0.2, 0) is 0 Å². The number of pyridine rings is 1. The number of aryl methyl sites for hydroxylation is 1. The Labute approximate surface area is 99.5 Å². The molecule has 0 fully saturated rings. The monoisotopic (exact) mass is 236 g/mol. The van der Waals surface area contributed by atoms with Gasteiger partial charge in [0.05, 0.1) is 18.0 Å². The number of nitrogens with zero attached hydrogens (tertiary/aromatic N) is 1. The molecule has 1 atom stereocenters. The average molecular weight is 237 g/mol. The standard InChI is InChI=1S/C12H13ClN2O/c1-8-6-10(12(13)14-7-8)15-9(2)11-4-3-5-16-11/h3-7,9,15H,1-2H3. The number of aromatic nitrogens is 1. The van der Waals surface area contributed by atoms with Gasteiger partial charge in [-0.05, 0) is 37.6 Å². The highest BCUT2D eigenvalue weighted by atomic mass is 35.5. The summed E-state index contributed by atoms with van der Waals surface area (Å²) < 4.78 is 5.31. The lowest BCUT2D eigenvalue weighted by Gasteiger charge is -2.14. The Kier molecular flexibility index (Phi) is 3.15. The van der Waals surface area contributed by atoms with E-state index >= 15 is 0 Å². The first-order chi connectivity index (χ1) is 7.66. The summed E-state index contributed by atoms with van der Waals surface area (Å²) in [5, 5.41) is 3.74. The smallest absolute Gasteiger partial charge is 0.152 e. The van der Waals surface area contributed by atoms with E-state index < -0.39 is 0 Å². The minimum atomic E-state index is 0.0658. The van der Waals surface area contributed by atoms with E-state index in [1.54, 1.807) is 12.5 Å². The number of hydrogen-bond donors (Lipinski definition) is 1. The van der Waals surface area contributed by atoms with Crippen molar-refractivity contribution in [2.75, 3.05) is 5.32 Å². The molecular formula is C12H13ClN2O. The number of furan rings is 1. The van der Waals surface area contributed by atoms with Crippen LogP contribution in [0.15, 0.2) is 35.1 Å². The van der Waals surface area contributed by atoms with Crippen molar-refractivity contribution < 1.29 is 4.42 Å². The summed E-state index contributed by atoms with van der Waals surface area (Å²) in [6.45, 7) is 3.99. The molecule has 2 rings (SSSR count). The van der Waals surface area contributed by atoms with Gasteiger partial charge in [-0.15, -0.1) is 0 Å². The zero-order valence-corrected chi connectivity index (χ0v) is 9.95. The summed E-state index contributed by atoms with van der Waals surface area (Å²) in [7, 11) is 0. The van der Waals surface area contributed by atoms with Gasteiger partial charge in [0.25, 0.3) is 0 Å². The van der Waals surface area contributed by atoms with E-state index in [1.807, 2.05) is 32.0 Å². The molecule has 0 spiro atoms. The van der Waals surface area contributed by atoms with Crippen LogP contribution in [0.4, 0.5) is 5.69 Å². The van der Waals surface area contributed by atoms with Crippen LogP contribution >= 0.6 is 11.6 Å². The lowest BCUT2D eigenvalue weighted by Crippen LogP contribution is -2.06. The first-order valence-corrected chi connectivity index (χ1v) is 5.46. The van der Waals surface area contributed by atoms with Gasteiger partial charge in [-0.25, -0.2) is 4.98 Å². The van der Waals surface area contributed by atoms with Crippen LogP contribution in [0, 0.1) is 6.92 Å². The minimum Gasteiger partial charge on any atom is -0.467 e. The molecule has 0 radical (unpaired) electrons. The summed E-state index contributed by atoms with van der Waals surface area (Å²) >= 11 is 6.00. The summed E-state index contributed by atoms with van der Waals surface area (Å²) in [6, 6.07) is 5.82. The second kappa shape index (κ2) is 4.58. The van der Waals surface area contributed by atoms with Crippen molar-refractivity contribution in [3.05, 3.63) is 47.1 Å². The second-order valence-corrected chi connectivity index (χ2v) is 4.09. The summed E-state index contributed by atoms with van der Waals surface area (Å²) in [4.78, 5) is 4.09. The van der Waals surface area contributed by atoms with Gasteiger partial charge in [-0.2, -0.15) is 0 Å². The number of rotatable bonds is 3. The molecule has 3 nitrogen and oxygen atoms in total. The van der Waals surface area contributed by atoms with Crippen LogP contribution in [0.2, 0.25) is 5.15 Å². The third kappa shape index (κ3) is 2.36. The number of hydrogen-bond acceptors (Lipinski definition) is 3. The third-order valence-corrected chi connectivity index (χ3v) is 2.62. The highest BCUT2D eigenvalue weighted by Crippen LogP contribution is 2.25. The minimum absolute atomic E-state index is 0.0658. The number of halogens is 1. The zero-order chi connectivity index (χ0) is 11.5. The van der Waals surface area contributed by atoms with Crippen molar-refractivity contribution >= 4 is 17.3 Å². The Bertz CT molecular complexity index is 468. The molecule has 1 unspecified atom stereocenters. The van der Waals surface area contributed by atoms with E-state index in [9.17, 15) is 0 Å². The van der Waals surface area contributed by atoms with E-state index in [4.69, 9.17) is 16.0 Å². The maximum Gasteiger partial charge on any atom is 0.152 e. The van der Waals surface area contributed by atoms with Crippen LogP contribution in [0.25, 0.3) is 0 Å². The lowest BCUT2D eigenvalue weighted by molar-refractivity contribution is 0.490. The fourth-order valence-electron chi connectivity index (χ4n) is 1.50. The van der Waals surface area contributed by atoms with Gasteiger partial charge in [0.15, 0.2) is 5.15 Å². The number of anilines is 1. The summed E-state index contributed by atoms with van der Waals surface area (Å²) in [5.41, 5.74) is 1.89. The van der Waals surface area contributed by atoms with Gasteiger partial charge >= 0.3 is 0 Å². The van der Waals surface area contributed by atoms with Gasteiger partial charge in [0.1, 0.15) is 5.76 Å². The van der Waals surface area contributed by atoms with Crippen molar-refractivity contribution in [3.8, 4) is 0 Å². The molecule has 0 aliphatic rings. The molecule has 0 amide bonds. The highest BCUT2D eigenvalue weighted by molar-refractivity contribution is 6.31. The van der Waals surface area contributed by atoms with Gasteiger partial charge in [0, 0.05) is 6.20 Å². The molecule has 2 aromatic heterocycles. The van der Waals surface area contributed by atoms with Gasteiger partial charge in [0.2, 0.25) is 0 Å². The van der Waals surface area contributed by atoms with Crippen LogP contribution < -0.4 is 5.32 Å². The van der Waals surface area contributed by atoms with Crippen LogP contribution in [0.5, 0.6) is 0 Å². The van der Waals surface area contributed by atoms with Crippen molar-refractivity contribution in [2.24, 2.45) is 0 Å². The second-order valence-electron chi connectivity index (χ2n) is 3.73. The number of nitrogens with one attached hydrogen (secondary N) is 1. The lowest BCUT2D eigenvalue weighted by atomic mass is 10.2. The van der Waals surface area contributed by atoms with Gasteiger partial charge < -0.3 is 9.73 Å². The molecule has 0 aromatic carbocycles. The summed E-state index contributed by atoms with van der Waals surface area (Å²) in [5.74, 6) is 0.873. The van der Waals surface area contributed by atoms with E-state index in [-0.39, 0.29) is 6.04 Å². The maximum atomic E-state index is 6.00. The highest BCUT2D eigenvalue weighted by Gasteiger charge is 2.10. The largest absolute Gasteiger partial charge is 0.467 e. The maximum absolute atomic E-state index is 6.00. The molecule has 4 heteroatoms. The van der Waals surface area contributed by atoms with Crippen LogP contribution in [0.3, 0.4) is 0 Å². The van der Waals surface area contributed by atoms with Crippen molar-refractivity contribution in [1.82, 2.24) is 4.98 Å². The molecule has 2 heterocycles. The molecule has 1 N–H and O–H groups in total. The molecule has 16 heavy (non-hydrogen) atoms. The average Bonchev–Trinajstić information content (AvgIpc) is 2.76. The molecular weight excluding hydrogens is 224 g/mol. The zero-order valence-electron chi connectivity index (χ0n) is 9.20. The van der Waals surface area contributed by atoms with Gasteiger partial charge in [-0.3, -0.25) is 0 Å². The molecule has 0 aliphatic carbocycles. The first-order valence-electron chi connectivity index (χ1n) is 5.09. The Morgan fingerprint density at radius 1 is 1.50 bits per heavy atom. The van der Waals surface area contributed by atoms with Crippen LogP contribution in [0.1, 0.15) is 24.3 Å². The Morgan fingerprint density at radius 3 is 3.00 bits per heavy atom. The summed E-state index contributed by atoms with van der Waals surface area (Å²) in [6.07, 6.45) is 3.40. The molecule has 2 aromatic rings. The van der Waals surface area contributed by atoms with Gasteiger partial charge in [-0.1, -0.05) is 11.6 Å². The first kappa shape index (κ1) is 11.0. The van der Waals surface area contributed by atoms with Crippen LogP contribution in [-0.4, -0.2) is 4.98 Å². The Morgan fingerprint density at radius 2 is 2.31 bits per heavy atom. The van der Waals surface area contributed by atoms with Crippen molar-refractivity contribution in [2.45, 2.75) is 19.9 Å². The molecule has 0 saturated carbocycles. The Balaban J connectivity index is 2.17.